The maximum atomic E-state index is 11.6. The van der Waals surface area contributed by atoms with Gasteiger partial charge in [-0.15, -0.1) is 10.2 Å². The summed E-state index contributed by atoms with van der Waals surface area (Å²) in [6, 6.07) is 7.04. The van der Waals surface area contributed by atoms with Crippen molar-refractivity contribution in [2.75, 3.05) is 6.54 Å². The Morgan fingerprint density at radius 1 is 1.24 bits per heavy atom. The minimum Gasteiger partial charge on any atom is -0.438 e. The molecule has 0 radical (unpaired) electrons. The van der Waals surface area contributed by atoms with Gasteiger partial charge in [0.2, 0.25) is 5.88 Å². The zero-order chi connectivity index (χ0) is 15.4. The van der Waals surface area contributed by atoms with Gasteiger partial charge < -0.3 is 10.1 Å². The summed E-state index contributed by atoms with van der Waals surface area (Å²) in [6.07, 6.45) is 0. The topological polar surface area (TPSA) is 64.1 Å². The van der Waals surface area contributed by atoms with Crippen LogP contribution in [0.2, 0.25) is 0 Å². The number of aromatic nitrogens is 2. The molecule has 2 aromatic rings. The molecule has 110 valence electrons. The SMILES string of the molecule is CCNC(=O)c1ccc(Oc2cc(C)c(Br)c(C)c2)nn1. The standard InChI is InChI=1S/C15H16BrN3O2/c1-4-17-15(20)12-5-6-13(19-18-12)21-11-7-9(2)14(16)10(3)8-11/h5-8H,4H2,1-3H3,(H,17,20). The van der Waals surface area contributed by atoms with Gasteiger partial charge in [0, 0.05) is 17.1 Å². The highest BCUT2D eigenvalue weighted by Gasteiger charge is 2.09. The minimum absolute atomic E-state index is 0.244. The van der Waals surface area contributed by atoms with Gasteiger partial charge in [-0.25, -0.2) is 0 Å². The van der Waals surface area contributed by atoms with Gasteiger partial charge in [0.25, 0.3) is 5.91 Å². The second-order valence-electron chi connectivity index (χ2n) is 4.59. The molecule has 0 saturated heterocycles. The van der Waals surface area contributed by atoms with Crippen molar-refractivity contribution < 1.29 is 9.53 Å². The normalized spacial score (nSPS) is 10.3. The van der Waals surface area contributed by atoms with Crippen molar-refractivity contribution in [2.45, 2.75) is 20.8 Å². The molecule has 0 aliphatic rings. The first-order valence-electron chi connectivity index (χ1n) is 6.57. The van der Waals surface area contributed by atoms with E-state index in [-0.39, 0.29) is 11.6 Å². The molecule has 21 heavy (non-hydrogen) atoms. The molecule has 0 unspecified atom stereocenters. The lowest BCUT2D eigenvalue weighted by Crippen LogP contribution is -2.23. The summed E-state index contributed by atoms with van der Waals surface area (Å²) in [5.74, 6) is 0.796. The number of ether oxygens (including phenoxy) is 1. The number of carbonyl (C=O) groups is 1. The summed E-state index contributed by atoms with van der Waals surface area (Å²) < 4.78 is 6.73. The lowest BCUT2D eigenvalue weighted by Gasteiger charge is -2.09. The number of benzene rings is 1. The Morgan fingerprint density at radius 2 is 1.90 bits per heavy atom. The predicted octanol–water partition coefficient (Wildman–Crippen LogP) is 3.40. The van der Waals surface area contributed by atoms with Crippen molar-refractivity contribution in [3.05, 3.63) is 45.6 Å². The Bertz CT molecular complexity index is 633. The fraction of sp³-hybridized carbons (Fsp3) is 0.267. The van der Waals surface area contributed by atoms with Crippen LogP contribution in [0, 0.1) is 13.8 Å². The van der Waals surface area contributed by atoms with Gasteiger partial charge in [0.05, 0.1) is 0 Å². The van der Waals surface area contributed by atoms with E-state index in [9.17, 15) is 4.79 Å². The number of halogens is 1. The van der Waals surface area contributed by atoms with Crippen molar-refractivity contribution in [2.24, 2.45) is 0 Å². The van der Waals surface area contributed by atoms with E-state index < -0.39 is 0 Å². The monoisotopic (exact) mass is 349 g/mol. The average Bonchev–Trinajstić information content (AvgIpc) is 2.45. The van der Waals surface area contributed by atoms with Crippen LogP contribution >= 0.6 is 15.9 Å². The molecule has 0 aliphatic carbocycles. The van der Waals surface area contributed by atoms with Crippen LogP contribution in [0.4, 0.5) is 0 Å². The summed E-state index contributed by atoms with van der Waals surface area (Å²) in [6.45, 7) is 6.39. The Labute approximate surface area is 131 Å². The highest BCUT2D eigenvalue weighted by Crippen LogP contribution is 2.28. The maximum absolute atomic E-state index is 11.6. The fourth-order valence-electron chi connectivity index (χ4n) is 1.83. The van der Waals surface area contributed by atoms with Gasteiger partial charge in [-0.05, 0) is 50.1 Å². The Balaban J connectivity index is 2.15. The van der Waals surface area contributed by atoms with E-state index in [4.69, 9.17) is 4.74 Å². The molecule has 5 nitrogen and oxygen atoms in total. The van der Waals surface area contributed by atoms with Crippen molar-refractivity contribution >= 4 is 21.8 Å². The highest BCUT2D eigenvalue weighted by molar-refractivity contribution is 9.10. The molecule has 0 aliphatic heterocycles. The minimum atomic E-state index is -0.244. The number of hydrogen-bond acceptors (Lipinski definition) is 4. The average molecular weight is 350 g/mol. The van der Waals surface area contributed by atoms with E-state index in [0.717, 1.165) is 15.6 Å². The van der Waals surface area contributed by atoms with E-state index in [0.29, 0.717) is 18.2 Å². The number of rotatable bonds is 4. The first kappa shape index (κ1) is 15.4. The van der Waals surface area contributed by atoms with Crippen LogP contribution in [0.3, 0.4) is 0 Å². The Kier molecular flexibility index (Phi) is 4.90. The third kappa shape index (κ3) is 3.78. The first-order valence-corrected chi connectivity index (χ1v) is 7.37. The van der Waals surface area contributed by atoms with Gasteiger partial charge in [-0.1, -0.05) is 15.9 Å². The van der Waals surface area contributed by atoms with E-state index in [1.165, 1.54) is 0 Å². The molecular weight excluding hydrogens is 334 g/mol. The number of nitrogens with one attached hydrogen (secondary N) is 1. The van der Waals surface area contributed by atoms with Crippen molar-refractivity contribution in [3.63, 3.8) is 0 Å². The Morgan fingerprint density at radius 3 is 2.43 bits per heavy atom. The summed E-state index contributed by atoms with van der Waals surface area (Å²) in [4.78, 5) is 11.6. The maximum Gasteiger partial charge on any atom is 0.271 e. The molecule has 0 saturated carbocycles. The van der Waals surface area contributed by atoms with Crippen molar-refractivity contribution in [1.82, 2.24) is 15.5 Å². The van der Waals surface area contributed by atoms with Gasteiger partial charge >= 0.3 is 0 Å². The van der Waals surface area contributed by atoms with E-state index in [1.54, 1.807) is 12.1 Å². The van der Waals surface area contributed by atoms with E-state index in [2.05, 4.69) is 31.4 Å². The second kappa shape index (κ2) is 6.67. The van der Waals surface area contributed by atoms with Gasteiger partial charge in [0.1, 0.15) is 5.75 Å². The Hall–Kier alpha value is -1.95. The van der Waals surface area contributed by atoms with Crippen LogP contribution < -0.4 is 10.1 Å². The third-order valence-electron chi connectivity index (χ3n) is 2.84. The predicted molar refractivity (Wildman–Crippen MR) is 83.7 cm³/mol. The molecular formula is C15H16BrN3O2. The number of hydrogen-bond donors (Lipinski definition) is 1. The van der Waals surface area contributed by atoms with Crippen LogP contribution in [-0.4, -0.2) is 22.6 Å². The molecule has 0 bridgehead atoms. The number of nitrogens with zero attached hydrogens (tertiary/aromatic N) is 2. The zero-order valence-corrected chi connectivity index (χ0v) is 13.7. The molecule has 1 N–H and O–H groups in total. The van der Waals surface area contributed by atoms with Crippen LogP contribution in [0.5, 0.6) is 11.6 Å². The van der Waals surface area contributed by atoms with E-state index in [1.807, 2.05) is 32.9 Å². The van der Waals surface area contributed by atoms with Gasteiger partial charge in [0.15, 0.2) is 5.69 Å². The summed E-state index contributed by atoms with van der Waals surface area (Å²) in [5, 5.41) is 10.4. The largest absolute Gasteiger partial charge is 0.438 e. The first-order chi connectivity index (χ1) is 10.0. The highest BCUT2D eigenvalue weighted by atomic mass is 79.9. The van der Waals surface area contributed by atoms with Gasteiger partial charge in [-0.3, -0.25) is 4.79 Å². The number of carbonyl (C=O) groups excluding carboxylic acids is 1. The third-order valence-corrected chi connectivity index (χ3v) is 4.09. The molecule has 1 heterocycles. The molecule has 0 atom stereocenters. The molecule has 1 amide bonds. The van der Waals surface area contributed by atoms with E-state index >= 15 is 0 Å². The van der Waals surface area contributed by atoms with Crippen LogP contribution in [0.15, 0.2) is 28.7 Å². The van der Waals surface area contributed by atoms with Crippen LogP contribution in [-0.2, 0) is 0 Å². The molecule has 0 spiro atoms. The summed E-state index contributed by atoms with van der Waals surface area (Å²) in [5.41, 5.74) is 2.43. The van der Waals surface area contributed by atoms with Crippen LogP contribution in [0.1, 0.15) is 28.5 Å². The number of aryl methyl sites for hydroxylation is 2. The van der Waals surface area contributed by atoms with Crippen LogP contribution in [0.25, 0.3) is 0 Å². The smallest absolute Gasteiger partial charge is 0.271 e. The molecule has 1 aromatic carbocycles. The lowest BCUT2D eigenvalue weighted by atomic mass is 10.1. The molecule has 6 heteroatoms. The molecule has 2 rings (SSSR count). The van der Waals surface area contributed by atoms with Gasteiger partial charge in [-0.2, -0.15) is 0 Å². The number of amides is 1. The summed E-state index contributed by atoms with van der Waals surface area (Å²) in [7, 11) is 0. The zero-order valence-electron chi connectivity index (χ0n) is 12.1. The fourth-order valence-corrected chi connectivity index (χ4v) is 2.06. The molecule has 0 fully saturated rings. The molecule has 1 aromatic heterocycles. The van der Waals surface area contributed by atoms with Crippen molar-refractivity contribution in [1.29, 1.82) is 0 Å². The second-order valence-corrected chi connectivity index (χ2v) is 5.38. The summed E-state index contributed by atoms with van der Waals surface area (Å²) >= 11 is 3.51. The lowest BCUT2D eigenvalue weighted by molar-refractivity contribution is 0.0949. The quantitative estimate of drug-likeness (QED) is 0.918. The van der Waals surface area contributed by atoms with Crippen molar-refractivity contribution in [3.8, 4) is 11.6 Å².